The smallest absolute Gasteiger partial charge is 0.222 e. The molecule has 2 aromatic carbocycles. The fourth-order valence-corrected chi connectivity index (χ4v) is 3.17. The van der Waals surface area contributed by atoms with Gasteiger partial charge in [0.2, 0.25) is 5.95 Å². The highest BCUT2D eigenvalue weighted by atomic mass is 19.1. The van der Waals surface area contributed by atoms with Crippen molar-refractivity contribution in [3.05, 3.63) is 77.4 Å². The summed E-state index contributed by atoms with van der Waals surface area (Å²) in [5, 5.41) is 16.7. The highest BCUT2D eigenvalue weighted by molar-refractivity contribution is 5.40. The topological polar surface area (TPSA) is 66.5 Å². The summed E-state index contributed by atoms with van der Waals surface area (Å²) >= 11 is 0. The molecule has 0 bridgehead atoms. The zero-order chi connectivity index (χ0) is 16.5. The summed E-state index contributed by atoms with van der Waals surface area (Å²) in [7, 11) is 0. The fraction of sp³-hybridized carbons (Fsp3) is 0.167. The predicted octanol–water partition coefficient (Wildman–Crippen LogP) is 3.44. The summed E-state index contributed by atoms with van der Waals surface area (Å²) in [5.74, 6) is 0.356. The van der Waals surface area contributed by atoms with E-state index in [4.69, 9.17) is 5.26 Å². The lowest BCUT2D eigenvalue weighted by Crippen LogP contribution is -2.28. The van der Waals surface area contributed by atoms with E-state index in [9.17, 15) is 4.39 Å². The largest absolute Gasteiger partial charge is 0.347 e. The number of halogens is 1. The van der Waals surface area contributed by atoms with Gasteiger partial charge in [0.25, 0.3) is 0 Å². The lowest BCUT2D eigenvalue weighted by Gasteiger charge is -2.32. The number of benzene rings is 2. The van der Waals surface area contributed by atoms with E-state index in [1.165, 1.54) is 12.4 Å². The number of nitrogens with zero attached hydrogens (tertiary/aromatic N) is 4. The van der Waals surface area contributed by atoms with E-state index in [1.807, 2.05) is 24.3 Å². The van der Waals surface area contributed by atoms with E-state index >= 15 is 0 Å². The van der Waals surface area contributed by atoms with Gasteiger partial charge in [0.1, 0.15) is 12.1 Å². The van der Waals surface area contributed by atoms with Crippen molar-refractivity contribution in [1.29, 1.82) is 5.26 Å². The molecule has 1 aliphatic heterocycles. The summed E-state index contributed by atoms with van der Waals surface area (Å²) in [6.45, 7) is 0. The zero-order valence-electron chi connectivity index (χ0n) is 12.7. The number of nitrogens with one attached hydrogen (secondary N) is 1. The Morgan fingerprint density at radius 1 is 1.21 bits per heavy atom. The molecule has 0 aliphatic carbocycles. The molecule has 0 radical (unpaired) electrons. The van der Waals surface area contributed by atoms with Crippen molar-refractivity contribution in [2.75, 3.05) is 5.32 Å². The monoisotopic (exact) mass is 319 g/mol. The number of rotatable bonds is 2. The van der Waals surface area contributed by atoms with Crippen LogP contribution in [0.15, 0.2) is 54.9 Å². The van der Waals surface area contributed by atoms with Gasteiger partial charge in [-0.15, -0.1) is 0 Å². The second-order valence-corrected chi connectivity index (χ2v) is 5.74. The van der Waals surface area contributed by atoms with E-state index in [0.717, 1.165) is 5.56 Å². The van der Waals surface area contributed by atoms with Crippen LogP contribution in [0.5, 0.6) is 0 Å². The Labute approximate surface area is 138 Å². The van der Waals surface area contributed by atoms with Gasteiger partial charge in [0.05, 0.1) is 23.7 Å². The first-order valence-corrected chi connectivity index (χ1v) is 7.67. The molecule has 1 aromatic heterocycles. The molecule has 3 aromatic rings. The fourth-order valence-electron chi connectivity index (χ4n) is 3.17. The van der Waals surface area contributed by atoms with Crippen molar-refractivity contribution >= 4 is 5.95 Å². The predicted molar refractivity (Wildman–Crippen MR) is 86.7 cm³/mol. The van der Waals surface area contributed by atoms with E-state index in [1.54, 1.807) is 22.9 Å². The summed E-state index contributed by atoms with van der Waals surface area (Å²) in [6.07, 6.45) is 2.10. The molecule has 24 heavy (non-hydrogen) atoms. The maximum atomic E-state index is 14.2. The molecule has 0 saturated heterocycles. The van der Waals surface area contributed by atoms with Gasteiger partial charge in [-0.05, 0) is 30.2 Å². The van der Waals surface area contributed by atoms with Crippen molar-refractivity contribution in [2.24, 2.45) is 0 Å². The molecule has 2 atom stereocenters. The number of anilines is 1. The number of nitriles is 1. The molecule has 1 aliphatic rings. The first-order valence-electron chi connectivity index (χ1n) is 7.67. The van der Waals surface area contributed by atoms with Crippen molar-refractivity contribution in [1.82, 2.24) is 14.8 Å². The van der Waals surface area contributed by atoms with Crippen LogP contribution in [0.3, 0.4) is 0 Å². The molecule has 118 valence electrons. The Morgan fingerprint density at radius 3 is 2.92 bits per heavy atom. The van der Waals surface area contributed by atoms with Gasteiger partial charge in [-0.1, -0.05) is 30.3 Å². The molecule has 0 spiro atoms. The highest BCUT2D eigenvalue weighted by Crippen LogP contribution is 2.38. The Bertz CT molecular complexity index is 927. The Morgan fingerprint density at radius 2 is 2.08 bits per heavy atom. The van der Waals surface area contributed by atoms with Crippen LogP contribution < -0.4 is 5.32 Å². The Balaban J connectivity index is 1.77. The average molecular weight is 319 g/mol. The molecule has 1 N–H and O–H groups in total. The SMILES string of the molecule is N#Cc1cccc([C@H]2C[C@@H](c3ccccc3F)Nc3ncnn32)c1. The minimum Gasteiger partial charge on any atom is -0.347 e. The van der Waals surface area contributed by atoms with Crippen LogP contribution in [0.2, 0.25) is 0 Å². The van der Waals surface area contributed by atoms with Crippen molar-refractivity contribution < 1.29 is 4.39 Å². The summed E-state index contributed by atoms with van der Waals surface area (Å²) in [6, 6.07) is 16.0. The normalized spacial score (nSPS) is 19.2. The summed E-state index contributed by atoms with van der Waals surface area (Å²) in [5.41, 5.74) is 2.16. The van der Waals surface area contributed by atoms with Crippen molar-refractivity contribution in [3.8, 4) is 6.07 Å². The second kappa shape index (κ2) is 5.78. The van der Waals surface area contributed by atoms with Gasteiger partial charge >= 0.3 is 0 Å². The molecule has 6 heteroatoms. The zero-order valence-corrected chi connectivity index (χ0v) is 12.7. The average Bonchev–Trinajstić information content (AvgIpc) is 3.10. The summed E-state index contributed by atoms with van der Waals surface area (Å²) in [4.78, 5) is 4.23. The Kier molecular flexibility index (Phi) is 3.47. The quantitative estimate of drug-likeness (QED) is 0.786. The van der Waals surface area contributed by atoms with E-state index in [2.05, 4.69) is 21.5 Å². The molecule has 0 fully saturated rings. The Hall–Kier alpha value is -3.20. The molecule has 0 amide bonds. The molecule has 0 saturated carbocycles. The maximum absolute atomic E-state index is 14.2. The van der Waals surface area contributed by atoms with Crippen LogP contribution in [0.1, 0.15) is 35.2 Å². The van der Waals surface area contributed by atoms with Gasteiger partial charge < -0.3 is 5.32 Å². The van der Waals surface area contributed by atoms with Crippen LogP contribution in [0, 0.1) is 17.1 Å². The van der Waals surface area contributed by atoms with Crippen LogP contribution in [-0.2, 0) is 0 Å². The lowest BCUT2D eigenvalue weighted by molar-refractivity contribution is 0.423. The molecule has 0 unspecified atom stereocenters. The van der Waals surface area contributed by atoms with Gasteiger partial charge in [-0.2, -0.15) is 15.3 Å². The van der Waals surface area contributed by atoms with Gasteiger partial charge in [-0.3, -0.25) is 0 Å². The third kappa shape index (κ3) is 2.40. The minimum atomic E-state index is -0.243. The third-order valence-electron chi connectivity index (χ3n) is 4.31. The molecule has 4 rings (SSSR count). The minimum absolute atomic E-state index is 0.110. The third-order valence-corrected chi connectivity index (χ3v) is 4.31. The number of aromatic nitrogens is 3. The van der Waals surface area contributed by atoms with Crippen molar-refractivity contribution in [3.63, 3.8) is 0 Å². The van der Waals surface area contributed by atoms with E-state index in [0.29, 0.717) is 23.5 Å². The number of hydrogen-bond donors (Lipinski definition) is 1. The van der Waals surface area contributed by atoms with Crippen LogP contribution in [0.25, 0.3) is 0 Å². The van der Waals surface area contributed by atoms with Gasteiger partial charge in [0.15, 0.2) is 0 Å². The van der Waals surface area contributed by atoms with Crippen molar-refractivity contribution in [2.45, 2.75) is 18.5 Å². The second-order valence-electron chi connectivity index (χ2n) is 5.74. The number of hydrogen-bond acceptors (Lipinski definition) is 4. The standard InChI is InChI=1S/C18H14FN5/c19-15-7-2-1-6-14(15)16-9-17(24-18(23-16)21-11-22-24)13-5-3-4-12(8-13)10-20/h1-8,11,16-17H,9H2,(H,21,22,23)/t16-,17+/m0/s1. The van der Waals surface area contributed by atoms with E-state index in [-0.39, 0.29) is 17.9 Å². The molecular weight excluding hydrogens is 305 g/mol. The van der Waals surface area contributed by atoms with Crippen LogP contribution >= 0.6 is 0 Å². The van der Waals surface area contributed by atoms with Crippen LogP contribution in [-0.4, -0.2) is 14.8 Å². The van der Waals surface area contributed by atoms with Gasteiger partial charge in [-0.25, -0.2) is 9.07 Å². The molecule has 2 heterocycles. The maximum Gasteiger partial charge on any atom is 0.222 e. The number of fused-ring (bicyclic) bond motifs is 1. The molecular formula is C18H14FN5. The summed E-state index contributed by atoms with van der Waals surface area (Å²) < 4.78 is 16.0. The van der Waals surface area contributed by atoms with E-state index < -0.39 is 0 Å². The first kappa shape index (κ1) is 14.4. The lowest BCUT2D eigenvalue weighted by atomic mass is 9.92. The first-order chi connectivity index (χ1) is 11.8. The highest BCUT2D eigenvalue weighted by Gasteiger charge is 2.31. The van der Waals surface area contributed by atoms with Crippen LogP contribution in [0.4, 0.5) is 10.3 Å². The van der Waals surface area contributed by atoms with Gasteiger partial charge in [0, 0.05) is 5.56 Å². The molecule has 5 nitrogen and oxygen atoms in total.